The summed E-state index contributed by atoms with van der Waals surface area (Å²) in [7, 11) is 0. The Morgan fingerprint density at radius 2 is 1.67 bits per heavy atom. The van der Waals surface area contributed by atoms with Gasteiger partial charge in [0.25, 0.3) is 0 Å². The van der Waals surface area contributed by atoms with E-state index in [9.17, 15) is 0 Å². The minimum absolute atomic E-state index is 0.747. The van der Waals surface area contributed by atoms with Crippen LogP contribution in [0.3, 0.4) is 0 Å². The Morgan fingerprint density at radius 3 is 2.13 bits per heavy atom. The topological polar surface area (TPSA) is 9.23 Å². The summed E-state index contributed by atoms with van der Waals surface area (Å²) in [4.78, 5) is 0. The summed E-state index contributed by atoms with van der Waals surface area (Å²) >= 11 is -1.36. The molecule has 0 aliphatic rings. The van der Waals surface area contributed by atoms with Crippen LogP contribution in [-0.4, -0.2) is 19.9 Å². The molecule has 0 N–H and O–H groups in total. The first kappa shape index (κ1) is 12.6. The molecule has 0 aliphatic heterocycles. The molecule has 0 unspecified atom stereocenters. The van der Waals surface area contributed by atoms with Crippen molar-refractivity contribution < 1.29 is 4.74 Å². The van der Waals surface area contributed by atoms with Crippen molar-refractivity contribution in [2.24, 2.45) is 0 Å². The predicted octanol–water partition coefficient (Wildman–Crippen LogP) is 3.97. The molecule has 0 bridgehead atoms. The van der Waals surface area contributed by atoms with Gasteiger partial charge in [0.2, 0.25) is 0 Å². The first-order valence-corrected chi connectivity index (χ1v) is 13.5. The van der Waals surface area contributed by atoms with Gasteiger partial charge in [-0.15, -0.1) is 0 Å². The van der Waals surface area contributed by atoms with Gasteiger partial charge in [0, 0.05) is 0 Å². The Labute approximate surface area is 96.2 Å². The van der Waals surface area contributed by atoms with E-state index in [0.29, 0.717) is 0 Å². The van der Waals surface area contributed by atoms with Crippen LogP contribution in [0, 0.1) is 0 Å². The Kier molecular flexibility index (Phi) is 4.71. The molecule has 0 spiro atoms. The van der Waals surface area contributed by atoms with Gasteiger partial charge in [0.15, 0.2) is 0 Å². The van der Waals surface area contributed by atoms with Crippen LogP contribution in [0.1, 0.15) is 12.5 Å². The van der Waals surface area contributed by atoms with Gasteiger partial charge in [-0.3, -0.25) is 0 Å². The third-order valence-electron chi connectivity index (χ3n) is 2.40. The number of ether oxygens (including phenoxy) is 1. The summed E-state index contributed by atoms with van der Waals surface area (Å²) in [5.41, 5.74) is 1.44. The SMILES string of the molecule is CCOc1ccc(C[CH2][Ge]([CH3])([CH3])[CH3])cc1. The monoisotopic (exact) mass is 268 g/mol. The first-order valence-electron chi connectivity index (χ1n) is 5.73. The van der Waals surface area contributed by atoms with Gasteiger partial charge >= 0.3 is 96.1 Å². The van der Waals surface area contributed by atoms with Crippen molar-refractivity contribution in [1.29, 1.82) is 0 Å². The fourth-order valence-corrected chi connectivity index (χ4v) is 3.62. The van der Waals surface area contributed by atoms with Crippen LogP contribution in [0.2, 0.25) is 22.5 Å². The average Bonchev–Trinajstić information content (AvgIpc) is 2.16. The van der Waals surface area contributed by atoms with Crippen LogP contribution < -0.4 is 4.74 Å². The molecule has 1 nitrogen and oxygen atoms in total. The van der Waals surface area contributed by atoms with Crippen LogP contribution in [0.4, 0.5) is 0 Å². The zero-order valence-electron chi connectivity index (χ0n) is 10.3. The van der Waals surface area contributed by atoms with Crippen LogP contribution in [0.5, 0.6) is 5.75 Å². The van der Waals surface area contributed by atoms with Crippen molar-refractivity contribution in [3.8, 4) is 5.75 Å². The van der Waals surface area contributed by atoms with Gasteiger partial charge in [-0.1, -0.05) is 0 Å². The normalized spacial score (nSPS) is 11.5. The van der Waals surface area contributed by atoms with E-state index >= 15 is 0 Å². The molecule has 0 atom stereocenters. The van der Waals surface area contributed by atoms with E-state index in [1.807, 2.05) is 6.92 Å². The Hall–Kier alpha value is -0.437. The number of hydrogen-bond acceptors (Lipinski definition) is 1. The second-order valence-corrected chi connectivity index (χ2v) is 16.9. The molecule has 84 valence electrons. The molecule has 1 aromatic rings. The van der Waals surface area contributed by atoms with Crippen molar-refractivity contribution in [1.82, 2.24) is 0 Å². The van der Waals surface area contributed by atoms with Gasteiger partial charge in [-0.05, 0) is 0 Å². The number of rotatable bonds is 5. The maximum atomic E-state index is 5.42. The number of aryl methyl sites for hydroxylation is 1. The van der Waals surface area contributed by atoms with E-state index in [1.165, 1.54) is 17.2 Å². The Morgan fingerprint density at radius 1 is 1.07 bits per heavy atom. The maximum absolute atomic E-state index is 5.42. The molecule has 0 heterocycles. The fourth-order valence-electron chi connectivity index (χ4n) is 1.44. The quantitative estimate of drug-likeness (QED) is 0.733. The van der Waals surface area contributed by atoms with Gasteiger partial charge in [0.05, 0.1) is 0 Å². The summed E-state index contributed by atoms with van der Waals surface area (Å²) in [6.07, 6.45) is 1.23. The molecule has 2 heteroatoms. The van der Waals surface area contributed by atoms with Crippen LogP contribution in [-0.2, 0) is 6.42 Å². The Bertz CT molecular complexity index is 284. The van der Waals surface area contributed by atoms with Crippen LogP contribution in [0.15, 0.2) is 24.3 Å². The summed E-state index contributed by atoms with van der Waals surface area (Å²) in [5.74, 6) is 8.39. The second-order valence-electron chi connectivity index (χ2n) is 5.14. The zero-order chi connectivity index (χ0) is 11.3. The van der Waals surface area contributed by atoms with Gasteiger partial charge < -0.3 is 0 Å². The van der Waals surface area contributed by atoms with Gasteiger partial charge in [-0.2, -0.15) is 0 Å². The number of benzene rings is 1. The number of hydrogen-bond donors (Lipinski definition) is 0. The third-order valence-corrected chi connectivity index (χ3v) is 6.07. The van der Waals surface area contributed by atoms with E-state index in [1.54, 1.807) is 0 Å². The molecule has 0 aliphatic carbocycles. The molecule has 0 saturated heterocycles. The van der Waals surface area contributed by atoms with E-state index in [2.05, 4.69) is 41.5 Å². The molecule has 0 fully saturated rings. The van der Waals surface area contributed by atoms with E-state index in [4.69, 9.17) is 4.74 Å². The van der Waals surface area contributed by atoms with Crippen LogP contribution >= 0.6 is 0 Å². The molecule has 0 aromatic heterocycles. The summed E-state index contributed by atoms with van der Waals surface area (Å²) in [5, 5.41) is 1.41. The van der Waals surface area contributed by atoms with Crippen molar-refractivity contribution in [2.75, 3.05) is 6.61 Å². The molecule has 0 saturated carbocycles. The van der Waals surface area contributed by atoms with E-state index < -0.39 is 13.3 Å². The van der Waals surface area contributed by atoms with E-state index in [0.717, 1.165) is 12.4 Å². The molecule has 0 radical (unpaired) electrons. The minimum atomic E-state index is -1.36. The van der Waals surface area contributed by atoms with Crippen molar-refractivity contribution >= 4 is 13.3 Å². The van der Waals surface area contributed by atoms with E-state index in [-0.39, 0.29) is 0 Å². The Balaban J connectivity index is 2.50. The third kappa shape index (κ3) is 5.26. The molecular weight excluding hydrogens is 245 g/mol. The standard InChI is InChI=1S/C13H22GeO/c1-5-15-13-8-6-12(7-9-13)10-11-14(2,3)4/h6-9H,5,10-11H2,1-4H3. The predicted molar refractivity (Wildman–Crippen MR) is 69.5 cm³/mol. The molecule has 1 aromatic carbocycles. The molecular formula is C13H22GeO. The zero-order valence-corrected chi connectivity index (χ0v) is 12.4. The van der Waals surface area contributed by atoms with Gasteiger partial charge in [0.1, 0.15) is 0 Å². The fraction of sp³-hybridized carbons (Fsp3) is 0.538. The molecule has 1 rings (SSSR count). The summed E-state index contributed by atoms with van der Waals surface area (Å²) in [6.45, 7) is 2.76. The summed E-state index contributed by atoms with van der Waals surface area (Å²) < 4.78 is 5.42. The average molecular weight is 267 g/mol. The van der Waals surface area contributed by atoms with Crippen molar-refractivity contribution in [3.05, 3.63) is 29.8 Å². The molecule has 0 amide bonds. The van der Waals surface area contributed by atoms with Crippen LogP contribution in [0.25, 0.3) is 0 Å². The first-order chi connectivity index (χ1) is 7.01. The van der Waals surface area contributed by atoms with Crippen molar-refractivity contribution in [2.45, 2.75) is 35.9 Å². The second kappa shape index (κ2) is 5.59. The molecule has 15 heavy (non-hydrogen) atoms. The van der Waals surface area contributed by atoms with Gasteiger partial charge in [-0.25, -0.2) is 0 Å². The summed E-state index contributed by atoms with van der Waals surface area (Å²) in [6, 6.07) is 8.54. The van der Waals surface area contributed by atoms with Crippen molar-refractivity contribution in [3.63, 3.8) is 0 Å².